The number of rotatable bonds is 2. The topological polar surface area (TPSA) is 38.1 Å². The van der Waals surface area contributed by atoms with Gasteiger partial charge in [-0.05, 0) is 44.4 Å². The molecule has 0 aromatic carbocycles. The number of amides is 1. The van der Waals surface area contributed by atoms with Gasteiger partial charge in [-0.25, -0.2) is 4.98 Å². The molecule has 1 unspecified atom stereocenters. The van der Waals surface area contributed by atoms with Crippen molar-refractivity contribution in [1.82, 2.24) is 14.5 Å². The summed E-state index contributed by atoms with van der Waals surface area (Å²) in [6, 6.07) is 0.485. The van der Waals surface area contributed by atoms with E-state index < -0.39 is 0 Å². The molecule has 1 aliphatic carbocycles. The maximum atomic E-state index is 12.9. The Kier molecular flexibility index (Phi) is 3.48. The van der Waals surface area contributed by atoms with Gasteiger partial charge in [-0.3, -0.25) is 4.79 Å². The predicted octanol–water partition coefficient (Wildman–Crippen LogP) is 3.01. The van der Waals surface area contributed by atoms with Gasteiger partial charge in [0.05, 0.1) is 0 Å². The molecule has 4 heteroatoms. The minimum Gasteiger partial charge on any atom is -0.334 e. The number of fused-ring (bicyclic) bond motifs is 1. The molecule has 0 radical (unpaired) electrons. The predicted molar refractivity (Wildman–Crippen MR) is 81.2 cm³/mol. The SMILES string of the molecule is O=C(c1cn2c(n1)CCCC2)N1CCCC1C1CCCC1. The second-order valence-electron chi connectivity index (χ2n) is 6.95. The summed E-state index contributed by atoms with van der Waals surface area (Å²) in [7, 11) is 0. The summed E-state index contributed by atoms with van der Waals surface area (Å²) in [6.07, 6.45) is 13.1. The Hall–Kier alpha value is -1.32. The first-order chi connectivity index (χ1) is 10.3. The van der Waals surface area contributed by atoms with Gasteiger partial charge in [-0.2, -0.15) is 0 Å². The Morgan fingerprint density at radius 1 is 1.05 bits per heavy atom. The van der Waals surface area contributed by atoms with E-state index in [9.17, 15) is 4.79 Å². The molecular formula is C17H25N3O. The van der Waals surface area contributed by atoms with Crippen molar-refractivity contribution in [2.45, 2.75) is 70.4 Å². The summed E-state index contributed by atoms with van der Waals surface area (Å²) >= 11 is 0. The zero-order valence-electron chi connectivity index (χ0n) is 12.8. The zero-order valence-corrected chi connectivity index (χ0v) is 12.8. The average molecular weight is 287 g/mol. The van der Waals surface area contributed by atoms with Crippen LogP contribution in [0.4, 0.5) is 0 Å². The van der Waals surface area contributed by atoms with Gasteiger partial charge in [0.25, 0.3) is 5.91 Å². The van der Waals surface area contributed by atoms with Crippen molar-refractivity contribution in [1.29, 1.82) is 0 Å². The molecule has 1 saturated heterocycles. The lowest BCUT2D eigenvalue weighted by atomic mass is 9.96. The third-order valence-electron chi connectivity index (χ3n) is 5.63. The maximum Gasteiger partial charge on any atom is 0.274 e. The lowest BCUT2D eigenvalue weighted by molar-refractivity contribution is 0.0683. The van der Waals surface area contributed by atoms with Crippen molar-refractivity contribution in [3.05, 3.63) is 17.7 Å². The third-order valence-corrected chi connectivity index (χ3v) is 5.63. The standard InChI is InChI=1S/C17H25N3O/c21-17(14-12-19-10-4-3-9-16(19)18-14)20-11-5-8-15(20)13-6-1-2-7-13/h12-13,15H,1-11H2. The number of imidazole rings is 1. The molecule has 0 bridgehead atoms. The number of aromatic nitrogens is 2. The van der Waals surface area contributed by atoms with Crippen molar-refractivity contribution in [2.24, 2.45) is 5.92 Å². The molecule has 2 fully saturated rings. The van der Waals surface area contributed by atoms with Gasteiger partial charge in [0, 0.05) is 31.7 Å². The molecule has 114 valence electrons. The van der Waals surface area contributed by atoms with E-state index in [2.05, 4.69) is 14.5 Å². The number of likely N-dealkylation sites (tertiary alicyclic amines) is 1. The van der Waals surface area contributed by atoms with Gasteiger partial charge in [0.2, 0.25) is 0 Å². The molecule has 4 rings (SSSR count). The molecule has 21 heavy (non-hydrogen) atoms. The van der Waals surface area contributed by atoms with Crippen LogP contribution in [0.1, 0.15) is 67.7 Å². The van der Waals surface area contributed by atoms with Crippen molar-refractivity contribution in [3.8, 4) is 0 Å². The Balaban J connectivity index is 1.54. The summed E-state index contributed by atoms with van der Waals surface area (Å²) in [6.45, 7) is 1.96. The maximum absolute atomic E-state index is 12.9. The number of nitrogens with zero attached hydrogens (tertiary/aromatic N) is 3. The van der Waals surface area contributed by atoms with Crippen LogP contribution < -0.4 is 0 Å². The Morgan fingerprint density at radius 3 is 2.71 bits per heavy atom. The van der Waals surface area contributed by atoms with Crippen LogP contribution in [0.5, 0.6) is 0 Å². The van der Waals surface area contributed by atoms with E-state index >= 15 is 0 Å². The highest BCUT2D eigenvalue weighted by Crippen LogP contribution is 2.36. The number of hydrogen-bond acceptors (Lipinski definition) is 2. The molecule has 1 saturated carbocycles. The summed E-state index contributed by atoms with van der Waals surface area (Å²) in [5.74, 6) is 2.04. The first-order valence-electron chi connectivity index (χ1n) is 8.70. The minimum absolute atomic E-state index is 0.186. The number of aryl methyl sites for hydroxylation is 2. The highest BCUT2D eigenvalue weighted by molar-refractivity contribution is 5.92. The molecule has 1 aromatic heterocycles. The van der Waals surface area contributed by atoms with Gasteiger partial charge >= 0.3 is 0 Å². The Bertz CT molecular complexity index is 507. The fourth-order valence-corrected chi connectivity index (χ4v) is 4.54. The molecule has 1 atom stereocenters. The number of carbonyl (C=O) groups is 1. The van der Waals surface area contributed by atoms with E-state index in [-0.39, 0.29) is 5.91 Å². The first-order valence-corrected chi connectivity index (χ1v) is 8.70. The third kappa shape index (κ3) is 2.39. The van der Waals surface area contributed by atoms with E-state index in [4.69, 9.17) is 0 Å². The van der Waals surface area contributed by atoms with Gasteiger partial charge < -0.3 is 9.47 Å². The molecule has 4 nitrogen and oxygen atoms in total. The van der Waals surface area contributed by atoms with Crippen LogP contribution in [-0.2, 0) is 13.0 Å². The van der Waals surface area contributed by atoms with Crippen LogP contribution in [0.15, 0.2) is 6.20 Å². The zero-order chi connectivity index (χ0) is 14.2. The van der Waals surface area contributed by atoms with E-state index in [0.717, 1.165) is 31.3 Å². The van der Waals surface area contributed by atoms with E-state index in [1.165, 1.54) is 51.4 Å². The average Bonchev–Trinajstić information content (AvgIpc) is 3.23. The second-order valence-corrected chi connectivity index (χ2v) is 6.95. The Morgan fingerprint density at radius 2 is 1.90 bits per heavy atom. The molecule has 2 aliphatic heterocycles. The van der Waals surface area contributed by atoms with Crippen LogP contribution in [0, 0.1) is 5.92 Å². The van der Waals surface area contributed by atoms with Gasteiger partial charge in [0.1, 0.15) is 11.5 Å². The van der Waals surface area contributed by atoms with Crippen LogP contribution in [0.25, 0.3) is 0 Å². The molecular weight excluding hydrogens is 262 g/mol. The highest BCUT2D eigenvalue weighted by Gasteiger charge is 2.37. The second kappa shape index (κ2) is 5.47. The minimum atomic E-state index is 0.186. The molecule has 0 N–H and O–H groups in total. The quantitative estimate of drug-likeness (QED) is 0.838. The lowest BCUT2D eigenvalue weighted by Gasteiger charge is -2.28. The van der Waals surface area contributed by atoms with Crippen molar-refractivity contribution in [2.75, 3.05) is 6.54 Å². The largest absolute Gasteiger partial charge is 0.334 e. The normalized spacial score (nSPS) is 26.3. The fourth-order valence-electron chi connectivity index (χ4n) is 4.54. The first kappa shape index (κ1) is 13.4. The fraction of sp³-hybridized carbons (Fsp3) is 0.765. The van der Waals surface area contributed by atoms with Crippen LogP contribution in [0.3, 0.4) is 0 Å². The van der Waals surface area contributed by atoms with Crippen LogP contribution in [0.2, 0.25) is 0 Å². The van der Waals surface area contributed by atoms with Crippen molar-refractivity contribution < 1.29 is 4.79 Å². The summed E-state index contributed by atoms with van der Waals surface area (Å²) in [5.41, 5.74) is 0.691. The summed E-state index contributed by atoms with van der Waals surface area (Å²) in [4.78, 5) is 19.7. The molecule has 3 heterocycles. The Labute approximate surface area is 126 Å². The van der Waals surface area contributed by atoms with E-state index in [1.54, 1.807) is 0 Å². The van der Waals surface area contributed by atoms with Gasteiger partial charge in [-0.1, -0.05) is 12.8 Å². The highest BCUT2D eigenvalue weighted by atomic mass is 16.2. The van der Waals surface area contributed by atoms with E-state index in [0.29, 0.717) is 11.7 Å². The van der Waals surface area contributed by atoms with Crippen LogP contribution >= 0.6 is 0 Å². The molecule has 1 amide bonds. The smallest absolute Gasteiger partial charge is 0.274 e. The number of carbonyl (C=O) groups excluding carboxylic acids is 1. The van der Waals surface area contributed by atoms with Gasteiger partial charge in [-0.15, -0.1) is 0 Å². The summed E-state index contributed by atoms with van der Waals surface area (Å²) in [5, 5.41) is 0. The molecule has 3 aliphatic rings. The van der Waals surface area contributed by atoms with Crippen molar-refractivity contribution >= 4 is 5.91 Å². The lowest BCUT2D eigenvalue weighted by Crippen LogP contribution is -2.39. The monoisotopic (exact) mass is 287 g/mol. The van der Waals surface area contributed by atoms with Gasteiger partial charge in [0.15, 0.2) is 0 Å². The molecule has 0 spiro atoms. The summed E-state index contributed by atoms with van der Waals surface area (Å²) < 4.78 is 2.19. The van der Waals surface area contributed by atoms with Crippen molar-refractivity contribution in [3.63, 3.8) is 0 Å². The molecule has 1 aromatic rings. The van der Waals surface area contributed by atoms with Crippen LogP contribution in [-0.4, -0.2) is 32.9 Å². The number of hydrogen-bond donors (Lipinski definition) is 0. The van der Waals surface area contributed by atoms with E-state index in [1.807, 2.05) is 6.20 Å².